The van der Waals surface area contributed by atoms with Crippen molar-refractivity contribution < 1.29 is 14.3 Å². The molecule has 31 heavy (non-hydrogen) atoms. The second-order valence-electron chi connectivity index (χ2n) is 7.38. The van der Waals surface area contributed by atoms with E-state index in [1.807, 2.05) is 48.2 Å². The molecule has 2 aromatic carbocycles. The summed E-state index contributed by atoms with van der Waals surface area (Å²) in [6.07, 6.45) is 0. The molecule has 1 fully saturated rings. The largest absolute Gasteiger partial charge is 0.497 e. The van der Waals surface area contributed by atoms with Crippen LogP contribution in [-0.4, -0.2) is 61.0 Å². The van der Waals surface area contributed by atoms with Crippen molar-refractivity contribution in [3.05, 3.63) is 64.9 Å². The van der Waals surface area contributed by atoms with E-state index in [9.17, 15) is 4.79 Å². The lowest BCUT2D eigenvalue weighted by atomic mass is 10.2. The molecule has 1 aliphatic rings. The van der Waals surface area contributed by atoms with Crippen molar-refractivity contribution in [1.82, 2.24) is 14.7 Å². The van der Waals surface area contributed by atoms with Gasteiger partial charge < -0.3 is 19.3 Å². The van der Waals surface area contributed by atoms with E-state index < -0.39 is 0 Å². The van der Waals surface area contributed by atoms with Gasteiger partial charge in [0.15, 0.2) is 0 Å². The van der Waals surface area contributed by atoms with E-state index in [0.29, 0.717) is 36.9 Å². The van der Waals surface area contributed by atoms with Crippen molar-refractivity contribution in [1.29, 1.82) is 0 Å². The normalized spacial score (nSPS) is 13.9. The highest BCUT2D eigenvalue weighted by Crippen LogP contribution is 2.33. The van der Waals surface area contributed by atoms with Crippen LogP contribution in [0.15, 0.2) is 48.5 Å². The lowest BCUT2D eigenvalue weighted by molar-refractivity contribution is 0.0737. The Morgan fingerprint density at radius 2 is 1.68 bits per heavy atom. The lowest BCUT2D eigenvalue weighted by Crippen LogP contribution is -2.49. The molecule has 2 heterocycles. The van der Waals surface area contributed by atoms with Gasteiger partial charge in [0, 0.05) is 37.3 Å². The molecular weight excluding hydrogens is 416 g/mol. The van der Waals surface area contributed by atoms with Gasteiger partial charge in [0.2, 0.25) is 0 Å². The second kappa shape index (κ2) is 8.89. The zero-order valence-electron chi connectivity index (χ0n) is 17.8. The molecule has 0 unspecified atom stereocenters. The maximum absolute atomic E-state index is 13.3. The third-order valence-corrected chi connectivity index (χ3v) is 5.67. The van der Waals surface area contributed by atoms with E-state index in [2.05, 4.69) is 10.00 Å². The van der Waals surface area contributed by atoms with Gasteiger partial charge in [-0.3, -0.25) is 4.79 Å². The summed E-state index contributed by atoms with van der Waals surface area (Å²) >= 11 is 6.01. The van der Waals surface area contributed by atoms with Crippen molar-refractivity contribution in [2.24, 2.45) is 0 Å². The number of nitrogens with zero attached hydrogens (tertiary/aromatic N) is 4. The number of piperazine rings is 1. The molecule has 0 saturated carbocycles. The highest BCUT2D eigenvalue weighted by Gasteiger charge is 2.26. The van der Waals surface area contributed by atoms with Crippen molar-refractivity contribution in [3.8, 4) is 17.2 Å². The zero-order chi connectivity index (χ0) is 22.0. The van der Waals surface area contributed by atoms with Crippen molar-refractivity contribution in [3.63, 3.8) is 0 Å². The van der Waals surface area contributed by atoms with Gasteiger partial charge in [-0.1, -0.05) is 11.6 Å². The molecule has 3 aromatic rings. The van der Waals surface area contributed by atoms with Crippen LogP contribution in [0.25, 0.3) is 5.69 Å². The Morgan fingerprint density at radius 1 is 0.968 bits per heavy atom. The summed E-state index contributed by atoms with van der Waals surface area (Å²) in [6, 6.07) is 14.9. The number of aryl methyl sites for hydroxylation is 1. The number of carbonyl (C=O) groups is 1. The highest BCUT2D eigenvalue weighted by molar-refractivity contribution is 6.30. The Kier molecular flexibility index (Phi) is 6.04. The fraction of sp³-hybridized carbons (Fsp3) is 0.304. The number of benzene rings is 2. The van der Waals surface area contributed by atoms with Crippen LogP contribution in [0.2, 0.25) is 5.02 Å². The number of hydrogen-bond donors (Lipinski definition) is 0. The summed E-state index contributed by atoms with van der Waals surface area (Å²) in [4.78, 5) is 17.4. The van der Waals surface area contributed by atoms with E-state index in [1.54, 1.807) is 31.0 Å². The zero-order valence-corrected chi connectivity index (χ0v) is 18.6. The van der Waals surface area contributed by atoms with Crippen molar-refractivity contribution in [2.45, 2.75) is 6.92 Å². The van der Waals surface area contributed by atoms with Crippen molar-refractivity contribution in [2.75, 3.05) is 45.3 Å². The number of anilines is 1. The predicted molar refractivity (Wildman–Crippen MR) is 121 cm³/mol. The van der Waals surface area contributed by atoms with Crippen LogP contribution in [0, 0.1) is 6.92 Å². The first kappa shape index (κ1) is 21.1. The molecule has 0 bridgehead atoms. The maximum Gasteiger partial charge on any atom is 0.272 e. The first-order chi connectivity index (χ1) is 15.0. The summed E-state index contributed by atoms with van der Waals surface area (Å²) in [5.41, 5.74) is 3.15. The predicted octanol–water partition coefficient (Wildman–Crippen LogP) is 3.81. The molecule has 162 valence electrons. The molecule has 0 spiro atoms. The number of hydrogen-bond acceptors (Lipinski definition) is 5. The Hall–Kier alpha value is -3.19. The standard InChI is InChI=1S/C23H25ClN4O3/c1-16-14-21(28(25-16)18-6-4-17(24)5-7-18)23(29)27-12-10-26(11-13-27)20-9-8-19(30-2)15-22(20)31-3/h4-9,14-15H,10-13H2,1-3H3. The number of halogens is 1. The van der Waals surface area contributed by atoms with Gasteiger partial charge in [-0.2, -0.15) is 5.10 Å². The van der Waals surface area contributed by atoms with Gasteiger partial charge in [0.05, 0.1) is 31.3 Å². The second-order valence-corrected chi connectivity index (χ2v) is 7.81. The minimum atomic E-state index is -0.0307. The van der Waals surface area contributed by atoms with Crippen LogP contribution in [0.1, 0.15) is 16.2 Å². The molecule has 0 N–H and O–H groups in total. The van der Waals surface area contributed by atoms with E-state index >= 15 is 0 Å². The number of rotatable bonds is 5. The Balaban J connectivity index is 1.50. The minimum absolute atomic E-state index is 0.0307. The summed E-state index contributed by atoms with van der Waals surface area (Å²) in [6.45, 7) is 4.53. The Bertz CT molecular complexity index is 1070. The Labute approximate surface area is 186 Å². The summed E-state index contributed by atoms with van der Waals surface area (Å²) in [5.74, 6) is 1.48. The number of aromatic nitrogens is 2. The third-order valence-electron chi connectivity index (χ3n) is 5.42. The molecule has 7 nitrogen and oxygen atoms in total. The van der Waals surface area contributed by atoms with Crippen LogP contribution in [0.4, 0.5) is 5.69 Å². The first-order valence-electron chi connectivity index (χ1n) is 10.1. The molecule has 0 radical (unpaired) electrons. The van der Waals surface area contributed by atoms with Gasteiger partial charge in [0.1, 0.15) is 17.2 Å². The van der Waals surface area contributed by atoms with E-state index in [-0.39, 0.29) is 5.91 Å². The van der Waals surface area contributed by atoms with Gasteiger partial charge in [-0.05, 0) is 49.4 Å². The third kappa shape index (κ3) is 4.32. The van der Waals surface area contributed by atoms with Crippen LogP contribution in [-0.2, 0) is 0 Å². The molecule has 1 aliphatic heterocycles. The highest BCUT2D eigenvalue weighted by atomic mass is 35.5. The Morgan fingerprint density at radius 3 is 2.32 bits per heavy atom. The minimum Gasteiger partial charge on any atom is -0.497 e. The van der Waals surface area contributed by atoms with Gasteiger partial charge in [-0.15, -0.1) is 0 Å². The number of ether oxygens (including phenoxy) is 2. The number of methoxy groups -OCH3 is 2. The molecule has 1 saturated heterocycles. The van der Waals surface area contributed by atoms with Crippen LogP contribution >= 0.6 is 11.6 Å². The van der Waals surface area contributed by atoms with Crippen LogP contribution in [0.3, 0.4) is 0 Å². The molecule has 0 aliphatic carbocycles. The molecular formula is C23H25ClN4O3. The molecule has 0 atom stereocenters. The quantitative estimate of drug-likeness (QED) is 0.603. The first-order valence-corrected chi connectivity index (χ1v) is 10.5. The van der Waals surface area contributed by atoms with Crippen molar-refractivity contribution >= 4 is 23.2 Å². The molecule has 1 amide bonds. The number of amides is 1. The van der Waals surface area contributed by atoms with E-state index in [1.165, 1.54) is 0 Å². The molecule has 4 rings (SSSR count). The number of carbonyl (C=O) groups excluding carboxylic acids is 1. The summed E-state index contributed by atoms with van der Waals surface area (Å²) in [7, 11) is 3.29. The molecule has 1 aromatic heterocycles. The van der Waals surface area contributed by atoms with Gasteiger partial charge in [0.25, 0.3) is 5.91 Å². The SMILES string of the molecule is COc1ccc(N2CCN(C(=O)c3cc(C)nn3-c3ccc(Cl)cc3)CC2)c(OC)c1. The summed E-state index contributed by atoms with van der Waals surface area (Å²) in [5, 5.41) is 5.16. The smallest absolute Gasteiger partial charge is 0.272 e. The van der Waals surface area contributed by atoms with Crippen LogP contribution < -0.4 is 14.4 Å². The topological polar surface area (TPSA) is 59.8 Å². The summed E-state index contributed by atoms with van der Waals surface area (Å²) < 4.78 is 12.5. The average molecular weight is 441 g/mol. The van der Waals surface area contributed by atoms with Crippen LogP contribution in [0.5, 0.6) is 11.5 Å². The van der Waals surface area contributed by atoms with Gasteiger partial charge >= 0.3 is 0 Å². The molecule has 8 heteroatoms. The van der Waals surface area contributed by atoms with Gasteiger partial charge in [-0.25, -0.2) is 4.68 Å². The lowest BCUT2D eigenvalue weighted by Gasteiger charge is -2.36. The monoisotopic (exact) mass is 440 g/mol. The fourth-order valence-corrected chi connectivity index (χ4v) is 3.92. The maximum atomic E-state index is 13.3. The van der Waals surface area contributed by atoms with E-state index in [0.717, 1.165) is 28.6 Å². The average Bonchev–Trinajstić information content (AvgIpc) is 3.20. The fourth-order valence-electron chi connectivity index (χ4n) is 3.79. The van der Waals surface area contributed by atoms with E-state index in [4.69, 9.17) is 21.1 Å².